The van der Waals surface area contributed by atoms with Gasteiger partial charge in [-0.15, -0.1) is 0 Å². The molecule has 0 spiro atoms. The highest BCUT2D eigenvalue weighted by Gasteiger charge is 2.34. The van der Waals surface area contributed by atoms with E-state index in [2.05, 4.69) is 38.0 Å². The summed E-state index contributed by atoms with van der Waals surface area (Å²) in [6.45, 7) is 14.5. The number of carbonyl (C=O) groups excluding carboxylic acids is 1. The van der Waals surface area contributed by atoms with Crippen molar-refractivity contribution in [2.45, 2.75) is 59.5 Å². The van der Waals surface area contributed by atoms with Gasteiger partial charge in [-0.3, -0.25) is 4.79 Å². The number of nitrogens with zero attached hydrogens (tertiary/aromatic N) is 1. The van der Waals surface area contributed by atoms with Crippen LogP contribution in [0.1, 0.15) is 48.0 Å². The normalized spacial score (nSPS) is 16.5. The molecule has 2 atom stereocenters. The van der Waals surface area contributed by atoms with Crippen LogP contribution in [0.3, 0.4) is 0 Å². The Morgan fingerprint density at radius 3 is 2.32 bits per heavy atom. The summed E-state index contributed by atoms with van der Waals surface area (Å²) in [5.74, 6) is 0.459. The molecule has 0 aromatic rings. The molecule has 19 heavy (non-hydrogen) atoms. The Labute approximate surface area is 118 Å². The summed E-state index contributed by atoms with van der Waals surface area (Å²) in [5.41, 5.74) is -0.588. The van der Waals surface area contributed by atoms with E-state index in [4.69, 9.17) is 4.74 Å². The predicted molar refractivity (Wildman–Crippen MR) is 80.3 cm³/mol. The first-order valence-electron chi connectivity index (χ1n) is 7.41. The Morgan fingerprint density at radius 2 is 1.89 bits per heavy atom. The van der Waals surface area contributed by atoms with Gasteiger partial charge in [-0.2, -0.15) is 0 Å². The Kier molecular flexibility index (Phi) is 8.26. The average Bonchev–Trinajstić information content (AvgIpc) is 2.35. The van der Waals surface area contributed by atoms with E-state index in [1.54, 1.807) is 0 Å². The maximum Gasteiger partial charge on any atom is 0.326 e. The van der Waals surface area contributed by atoms with E-state index >= 15 is 0 Å². The van der Waals surface area contributed by atoms with Gasteiger partial charge in [0.15, 0.2) is 0 Å². The molecule has 2 unspecified atom stereocenters. The molecule has 4 heteroatoms. The van der Waals surface area contributed by atoms with Crippen LogP contribution in [-0.2, 0) is 9.53 Å². The predicted octanol–water partition coefficient (Wildman–Crippen LogP) is 2.28. The molecule has 0 radical (unpaired) electrons. The van der Waals surface area contributed by atoms with Crippen LogP contribution in [0.4, 0.5) is 0 Å². The third kappa shape index (κ3) is 5.91. The van der Waals surface area contributed by atoms with Gasteiger partial charge in [-0.1, -0.05) is 20.8 Å². The highest BCUT2D eigenvalue weighted by molar-refractivity contribution is 5.80. The molecule has 114 valence electrons. The van der Waals surface area contributed by atoms with Crippen LogP contribution in [0, 0.1) is 5.92 Å². The standard InChI is InChI=1S/C15H32N2O2/c1-8-16-15(6,14(18)19-9-2)10-11-17(7)13(5)12(3)4/h12-13,16H,8-11H2,1-7H3. The molecule has 0 aliphatic heterocycles. The number of nitrogens with one attached hydrogen (secondary N) is 1. The molecule has 0 aromatic carbocycles. The van der Waals surface area contributed by atoms with Crippen LogP contribution in [0.25, 0.3) is 0 Å². The van der Waals surface area contributed by atoms with Gasteiger partial charge in [-0.05, 0) is 46.7 Å². The fraction of sp³-hybridized carbons (Fsp3) is 0.933. The Bertz CT molecular complexity index is 269. The number of carbonyl (C=O) groups is 1. The zero-order valence-corrected chi connectivity index (χ0v) is 13.7. The number of hydrogen-bond acceptors (Lipinski definition) is 4. The van der Waals surface area contributed by atoms with Crippen LogP contribution < -0.4 is 5.32 Å². The highest BCUT2D eigenvalue weighted by Crippen LogP contribution is 2.15. The molecule has 1 N–H and O–H groups in total. The van der Waals surface area contributed by atoms with E-state index in [0.29, 0.717) is 18.6 Å². The van der Waals surface area contributed by atoms with E-state index in [-0.39, 0.29) is 5.97 Å². The van der Waals surface area contributed by atoms with Gasteiger partial charge in [-0.25, -0.2) is 0 Å². The first kappa shape index (κ1) is 18.4. The second kappa shape index (κ2) is 8.54. The number of hydrogen-bond donors (Lipinski definition) is 1. The van der Waals surface area contributed by atoms with Crippen molar-refractivity contribution in [1.82, 2.24) is 10.2 Å². The van der Waals surface area contributed by atoms with Gasteiger partial charge in [0, 0.05) is 12.6 Å². The summed E-state index contributed by atoms with van der Waals surface area (Å²) >= 11 is 0. The maximum atomic E-state index is 12.1. The molecule has 0 heterocycles. The third-order valence-corrected chi connectivity index (χ3v) is 3.92. The zero-order chi connectivity index (χ0) is 15.1. The van der Waals surface area contributed by atoms with Crippen molar-refractivity contribution in [3.8, 4) is 0 Å². The zero-order valence-electron chi connectivity index (χ0n) is 13.7. The molecule has 0 rings (SSSR count). The van der Waals surface area contributed by atoms with E-state index in [0.717, 1.165) is 19.5 Å². The molecular formula is C15H32N2O2. The molecule has 0 aliphatic rings. The first-order valence-corrected chi connectivity index (χ1v) is 7.41. The van der Waals surface area contributed by atoms with E-state index in [1.165, 1.54) is 0 Å². The second-order valence-corrected chi connectivity index (χ2v) is 5.80. The van der Waals surface area contributed by atoms with Gasteiger partial charge in [0.25, 0.3) is 0 Å². The van der Waals surface area contributed by atoms with Gasteiger partial charge in [0.2, 0.25) is 0 Å². The molecule has 0 saturated heterocycles. The lowest BCUT2D eigenvalue weighted by Crippen LogP contribution is -2.52. The van der Waals surface area contributed by atoms with Crippen LogP contribution in [-0.4, -0.2) is 49.2 Å². The largest absolute Gasteiger partial charge is 0.465 e. The van der Waals surface area contributed by atoms with Crippen LogP contribution in [0.5, 0.6) is 0 Å². The van der Waals surface area contributed by atoms with Crippen molar-refractivity contribution in [3.63, 3.8) is 0 Å². The molecule has 0 amide bonds. The van der Waals surface area contributed by atoms with Crippen molar-refractivity contribution < 1.29 is 9.53 Å². The van der Waals surface area contributed by atoms with Crippen molar-refractivity contribution in [1.29, 1.82) is 0 Å². The first-order chi connectivity index (χ1) is 8.78. The molecule has 0 fully saturated rings. The van der Waals surface area contributed by atoms with Crippen molar-refractivity contribution in [2.75, 3.05) is 26.7 Å². The molecule has 0 bridgehead atoms. The summed E-state index contributed by atoms with van der Waals surface area (Å²) < 4.78 is 5.18. The molecule has 0 saturated carbocycles. The number of rotatable bonds is 9. The smallest absolute Gasteiger partial charge is 0.326 e. The number of esters is 1. The minimum atomic E-state index is -0.588. The number of likely N-dealkylation sites (N-methyl/N-ethyl adjacent to an activating group) is 1. The van der Waals surface area contributed by atoms with Gasteiger partial charge >= 0.3 is 5.97 Å². The van der Waals surface area contributed by atoms with Crippen molar-refractivity contribution in [3.05, 3.63) is 0 Å². The fourth-order valence-corrected chi connectivity index (χ4v) is 2.06. The average molecular weight is 272 g/mol. The molecule has 4 nitrogen and oxygen atoms in total. The van der Waals surface area contributed by atoms with Crippen LogP contribution in [0.2, 0.25) is 0 Å². The maximum absolute atomic E-state index is 12.1. The van der Waals surface area contributed by atoms with Gasteiger partial charge in [0.05, 0.1) is 6.61 Å². The molecule has 0 aromatic heterocycles. The summed E-state index contributed by atoms with van der Waals surface area (Å²) in [5, 5.41) is 3.27. The Hall–Kier alpha value is -0.610. The quantitative estimate of drug-likeness (QED) is 0.654. The summed E-state index contributed by atoms with van der Waals surface area (Å²) in [4.78, 5) is 14.4. The van der Waals surface area contributed by atoms with Gasteiger partial charge < -0.3 is 15.0 Å². The lowest BCUT2D eigenvalue weighted by atomic mass is 9.96. The lowest BCUT2D eigenvalue weighted by molar-refractivity contribution is -0.151. The SMILES string of the molecule is CCNC(C)(CCN(C)C(C)C(C)C)C(=O)OCC. The van der Waals surface area contributed by atoms with E-state index < -0.39 is 5.54 Å². The number of ether oxygens (including phenoxy) is 1. The third-order valence-electron chi connectivity index (χ3n) is 3.92. The minimum absolute atomic E-state index is 0.151. The van der Waals surface area contributed by atoms with Crippen LogP contribution >= 0.6 is 0 Å². The molecule has 0 aliphatic carbocycles. The van der Waals surface area contributed by atoms with Crippen molar-refractivity contribution in [2.24, 2.45) is 5.92 Å². The van der Waals surface area contributed by atoms with Crippen molar-refractivity contribution >= 4 is 5.97 Å². The molecular weight excluding hydrogens is 240 g/mol. The topological polar surface area (TPSA) is 41.6 Å². The van der Waals surface area contributed by atoms with Crippen LogP contribution in [0.15, 0.2) is 0 Å². The Morgan fingerprint density at radius 1 is 1.32 bits per heavy atom. The summed E-state index contributed by atoms with van der Waals surface area (Å²) in [6.07, 6.45) is 0.757. The van der Waals surface area contributed by atoms with Gasteiger partial charge in [0.1, 0.15) is 5.54 Å². The summed E-state index contributed by atoms with van der Waals surface area (Å²) in [7, 11) is 2.11. The second-order valence-electron chi connectivity index (χ2n) is 5.80. The minimum Gasteiger partial charge on any atom is -0.465 e. The monoisotopic (exact) mass is 272 g/mol. The highest BCUT2D eigenvalue weighted by atomic mass is 16.5. The summed E-state index contributed by atoms with van der Waals surface area (Å²) in [6, 6.07) is 0.507. The van der Waals surface area contributed by atoms with E-state index in [1.807, 2.05) is 20.8 Å². The lowest BCUT2D eigenvalue weighted by Gasteiger charge is -2.33. The van der Waals surface area contributed by atoms with E-state index in [9.17, 15) is 4.79 Å². The fourth-order valence-electron chi connectivity index (χ4n) is 2.06. The Balaban J connectivity index is 4.54.